The first-order chi connectivity index (χ1) is 12.0. The molecule has 1 fully saturated rings. The summed E-state index contributed by atoms with van der Waals surface area (Å²) in [5, 5.41) is 0. The molecule has 2 aromatic rings. The molecule has 1 aromatic carbocycles. The first-order valence-electron chi connectivity index (χ1n) is 7.79. The Hall–Kier alpha value is -3.16. The van der Waals surface area contributed by atoms with Crippen molar-refractivity contribution in [3.63, 3.8) is 0 Å². The summed E-state index contributed by atoms with van der Waals surface area (Å²) in [5.74, 6) is 0.373. The number of ether oxygens (including phenoxy) is 1. The predicted octanol–water partition coefficient (Wildman–Crippen LogP) is 0.576. The Kier molecular flexibility index (Phi) is 4.51. The number of aromatic amines is 1. The van der Waals surface area contributed by atoms with E-state index in [9.17, 15) is 14.4 Å². The molecule has 2 amide bonds. The first-order valence-corrected chi connectivity index (χ1v) is 7.79. The fourth-order valence-electron chi connectivity index (χ4n) is 2.70. The van der Waals surface area contributed by atoms with Gasteiger partial charge in [0.2, 0.25) is 5.91 Å². The number of nitrogens with zero attached hydrogens (tertiary/aromatic N) is 3. The van der Waals surface area contributed by atoms with Crippen molar-refractivity contribution in [3.8, 4) is 5.75 Å². The molecule has 8 heteroatoms. The maximum absolute atomic E-state index is 12.5. The zero-order valence-corrected chi connectivity index (χ0v) is 14.0. The van der Waals surface area contributed by atoms with Gasteiger partial charge in [-0.3, -0.25) is 14.4 Å². The van der Waals surface area contributed by atoms with Crippen LogP contribution < -0.4 is 15.2 Å². The predicted molar refractivity (Wildman–Crippen MR) is 90.8 cm³/mol. The van der Waals surface area contributed by atoms with E-state index in [0.29, 0.717) is 30.4 Å². The number of carbonyl (C=O) groups is 2. The van der Waals surface area contributed by atoms with Crippen molar-refractivity contribution >= 4 is 17.5 Å². The summed E-state index contributed by atoms with van der Waals surface area (Å²) in [4.78, 5) is 46.3. The third-order valence-electron chi connectivity index (χ3n) is 4.03. The van der Waals surface area contributed by atoms with Crippen LogP contribution in [0.1, 0.15) is 16.2 Å². The van der Waals surface area contributed by atoms with Gasteiger partial charge >= 0.3 is 0 Å². The van der Waals surface area contributed by atoms with Crippen LogP contribution in [0.4, 0.5) is 5.69 Å². The number of benzene rings is 1. The van der Waals surface area contributed by atoms with Gasteiger partial charge in [-0.2, -0.15) is 0 Å². The van der Waals surface area contributed by atoms with Crippen molar-refractivity contribution in [2.75, 3.05) is 31.6 Å². The largest absolute Gasteiger partial charge is 0.497 e. The average molecular weight is 342 g/mol. The molecule has 0 bridgehead atoms. The van der Waals surface area contributed by atoms with E-state index in [4.69, 9.17) is 4.74 Å². The highest BCUT2D eigenvalue weighted by Crippen LogP contribution is 2.22. The highest BCUT2D eigenvalue weighted by molar-refractivity contribution is 6.01. The van der Waals surface area contributed by atoms with Crippen LogP contribution in [0.3, 0.4) is 0 Å². The summed E-state index contributed by atoms with van der Waals surface area (Å²) < 4.78 is 5.17. The minimum Gasteiger partial charge on any atom is -0.497 e. The van der Waals surface area contributed by atoms with E-state index in [1.807, 2.05) is 6.07 Å². The Balaban J connectivity index is 1.76. The van der Waals surface area contributed by atoms with Crippen molar-refractivity contribution in [1.29, 1.82) is 0 Å². The van der Waals surface area contributed by atoms with Gasteiger partial charge in [-0.05, 0) is 19.1 Å². The van der Waals surface area contributed by atoms with Gasteiger partial charge in [0.15, 0.2) is 0 Å². The second-order valence-electron chi connectivity index (χ2n) is 5.68. The minimum atomic E-state index is -0.500. The quantitative estimate of drug-likeness (QED) is 0.880. The van der Waals surface area contributed by atoms with Crippen LogP contribution in [0.2, 0.25) is 0 Å². The number of rotatable bonds is 3. The Labute approximate surface area is 144 Å². The van der Waals surface area contributed by atoms with Crippen molar-refractivity contribution < 1.29 is 14.3 Å². The van der Waals surface area contributed by atoms with Crippen LogP contribution in [0.5, 0.6) is 5.75 Å². The third kappa shape index (κ3) is 3.37. The highest BCUT2D eigenvalue weighted by atomic mass is 16.5. The summed E-state index contributed by atoms with van der Waals surface area (Å²) in [6.07, 6.45) is 1.25. The third-order valence-corrected chi connectivity index (χ3v) is 4.03. The molecule has 1 aliphatic heterocycles. The van der Waals surface area contributed by atoms with Crippen molar-refractivity contribution in [2.45, 2.75) is 6.92 Å². The number of H-pyrrole nitrogens is 1. The number of amides is 2. The number of carbonyl (C=O) groups excluding carboxylic acids is 2. The maximum atomic E-state index is 12.5. The smallest absolute Gasteiger partial charge is 0.263 e. The average Bonchev–Trinajstić information content (AvgIpc) is 2.61. The van der Waals surface area contributed by atoms with E-state index in [-0.39, 0.29) is 18.0 Å². The molecule has 0 aliphatic carbocycles. The molecule has 0 saturated carbocycles. The van der Waals surface area contributed by atoms with Crippen molar-refractivity contribution in [1.82, 2.24) is 14.9 Å². The fourth-order valence-corrected chi connectivity index (χ4v) is 2.70. The lowest BCUT2D eigenvalue weighted by molar-refractivity contribution is -0.120. The van der Waals surface area contributed by atoms with Crippen LogP contribution in [0.15, 0.2) is 35.3 Å². The molecule has 1 saturated heterocycles. The van der Waals surface area contributed by atoms with Crippen LogP contribution in [0, 0.1) is 6.92 Å². The number of nitrogens with one attached hydrogen (secondary N) is 1. The minimum absolute atomic E-state index is 0.0618. The molecule has 8 nitrogen and oxygen atoms in total. The van der Waals surface area contributed by atoms with E-state index < -0.39 is 11.5 Å². The lowest BCUT2D eigenvalue weighted by Crippen LogP contribution is -2.53. The van der Waals surface area contributed by atoms with Crippen LogP contribution >= 0.6 is 0 Å². The Morgan fingerprint density at radius 2 is 2.08 bits per heavy atom. The van der Waals surface area contributed by atoms with Crippen molar-refractivity contribution in [2.24, 2.45) is 0 Å². The normalized spacial score (nSPS) is 14.6. The number of hydrogen-bond acceptors (Lipinski definition) is 5. The van der Waals surface area contributed by atoms with Gasteiger partial charge < -0.3 is 19.5 Å². The standard InChI is InChI=1S/C17H18N4O4/c1-11-18-9-14(16(23)19-11)17(24)20-6-7-21(15(22)10-20)12-4-3-5-13(8-12)25-2/h3-5,8-9H,6-7,10H2,1-2H3,(H,18,19,23). The van der Waals surface area contributed by atoms with E-state index >= 15 is 0 Å². The van der Waals surface area contributed by atoms with Gasteiger partial charge in [-0.25, -0.2) is 4.98 Å². The zero-order chi connectivity index (χ0) is 18.0. The number of aryl methyl sites for hydroxylation is 1. The van der Waals surface area contributed by atoms with Crippen LogP contribution in [-0.4, -0.2) is 53.4 Å². The van der Waals surface area contributed by atoms with Crippen LogP contribution in [0.25, 0.3) is 0 Å². The number of piperazine rings is 1. The van der Waals surface area contributed by atoms with Gasteiger partial charge in [0.1, 0.15) is 23.7 Å². The fraction of sp³-hybridized carbons (Fsp3) is 0.294. The van der Waals surface area contributed by atoms with Gasteiger partial charge in [0, 0.05) is 31.0 Å². The van der Waals surface area contributed by atoms with Gasteiger partial charge in [-0.15, -0.1) is 0 Å². The summed E-state index contributed by atoms with van der Waals surface area (Å²) in [6, 6.07) is 7.18. The molecule has 0 atom stereocenters. The lowest BCUT2D eigenvalue weighted by atomic mass is 10.2. The Morgan fingerprint density at radius 3 is 2.76 bits per heavy atom. The van der Waals surface area contributed by atoms with E-state index in [1.165, 1.54) is 11.1 Å². The molecule has 2 heterocycles. The molecular formula is C17H18N4O4. The van der Waals surface area contributed by atoms with E-state index in [2.05, 4.69) is 9.97 Å². The number of aromatic nitrogens is 2. The molecule has 3 rings (SSSR count). The summed E-state index contributed by atoms with van der Waals surface area (Å²) in [6.45, 7) is 2.21. The van der Waals surface area contributed by atoms with Gasteiger partial charge in [-0.1, -0.05) is 6.07 Å². The van der Waals surface area contributed by atoms with Crippen molar-refractivity contribution in [3.05, 3.63) is 52.2 Å². The molecule has 1 aliphatic rings. The molecular weight excluding hydrogens is 324 g/mol. The van der Waals surface area contributed by atoms with E-state index in [0.717, 1.165) is 0 Å². The first kappa shape index (κ1) is 16.7. The van der Waals surface area contributed by atoms with Gasteiger partial charge in [0.25, 0.3) is 11.5 Å². The second-order valence-corrected chi connectivity index (χ2v) is 5.68. The highest BCUT2D eigenvalue weighted by Gasteiger charge is 2.30. The summed E-state index contributed by atoms with van der Waals surface area (Å²) in [5.41, 5.74) is 0.153. The van der Waals surface area contributed by atoms with Crippen LogP contribution in [-0.2, 0) is 4.79 Å². The maximum Gasteiger partial charge on any atom is 0.263 e. The molecule has 0 spiro atoms. The molecule has 1 N–H and O–H groups in total. The molecule has 1 aromatic heterocycles. The topological polar surface area (TPSA) is 95.6 Å². The SMILES string of the molecule is COc1cccc(N2CCN(C(=O)c3cnc(C)[nH]c3=O)CC2=O)c1. The number of hydrogen-bond donors (Lipinski definition) is 1. The summed E-state index contributed by atoms with van der Waals surface area (Å²) in [7, 11) is 1.56. The molecule has 0 radical (unpaired) electrons. The second kappa shape index (κ2) is 6.76. The number of methoxy groups -OCH3 is 1. The zero-order valence-electron chi connectivity index (χ0n) is 14.0. The molecule has 0 unspecified atom stereocenters. The lowest BCUT2D eigenvalue weighted by Gasteiger charge is -2.34. The Bertz CT molecular complexity index is 877. The number of anilines is 1. The van der Waals surface area contributed by atoms with Gasteiger partial charge in [0.05, 0.1) is 7.11 Å². The monoisotopic (exact) mass is 342 g/mol. The van der Waals surface area contributed by atoms with E-state index in [1.54, 1.807) is 37.1 Å². The Morgan fingerprint density at radius 1 is 1.28 bits per heavy atom. The molecule has 130 valence electrons. The summed E-state index contributed by atoms with van der Waals surface area (Å²) >= 11 is 0. The molecule has 25 heavy (non-hydrogen) atoms.